The average molecular weight is 347 g/mol. The zero-order chi connectivity index (χ0) is 17.4. The average Bonchev–Trinajstić information content (AvgIpc) is 2.55. The molecule has 0 spiro atoms. The van der Waals surface area contributed by atoms with Crippen molar-refractivity contribution in [2.24, 2.45) is 16.5 Å². The lowest BCUT2D eigenvalue weighted by Crippen LogP contribution is -2.37. The van der Waals surface area contributed by atoms with Gasteiger partial charge < -0.3 is 5.11 Å². The first-order valence-corrected chi connectivity index (χ1v) is 10.0. The SMILES string of the molecule is CC1(C2CCC(O)CC2)C=C(S(N)(=O)=O)C=CC1c1ccccc1. The van der Waals surface area contributed by atoms with Gasteiger partial charge in [-0.1, -0.05) is 49.4 Å². The molecular formula is C19H25NO3S. The second-order valence-electron chi connectivity index (χ2n) is 7.21. The molecule has 130 valence electrons. The van der Waals surface area contributed by atoms with Crippen molar-refractivity contribution in [3.8, 4) is 0 Å². The molecule has 0 aliphatic heterocycles. The molecule has 2 aliphatic carbocycles. The van der Waals surface area contributed by atoms with Crippen LogP contribution in [0, 0.1) is 11.3 Å². The highest BCUT2D eigenvalue weighted by Gasteiger charge is 2.43. The first-order chi connectivity index (χ1) is 11.3. The highest BCUT2D eigenvalue weighted by atomic mass is 32.2. The number of benzene rings is 1. The van der Waals surface area contributed by atoms with Gasteiger partial charge in [0.2, 0.25) is 10.0 Å². The number of primary sulfonamides is 1. The van der Waals surface area contributed by atoms with Crippen LogP contribution in [0.5, 0.6) is 0 Å². The second kappa shape index (κ2) is 6.47. The van der Waals surface area contributed by atoms with Crippen LogP contribution in [-0.4, -0.2) is 19.6 Å². The number of nitrogens with two attached hydrogens (primary N) is 1. The van der Waals surface area contributed by atoms with E-state index < -0.39 is 10.0 Å². The van der Waals surface area contributed by atoms with Gasteiger partial charge in [-0.15, -0.1) is 0 Å². The molecule has 1 fully saturated rings. The van der Waals surface area contributed by atoms with Crippen molar-refractivity contribution in [1.82, 2.24) is 0 Å². The van der Waals surface area contributed by atoms with Crippen LogP contribution in [0.1, 0.15) is 44.1 Å². The fourth-order valence-corrected chi connectivity index (χ4v) is 4.91. The lowest BCUT2D eigenvalue weighted by Gasteiger charge is -2.45. The summed E-state index contributed by atoms with van der Waals surface area (Å²) >= 11 is 0. The van der Waals surface area contributed by atoms with Gasteiger partial charge in [0.05, 0.1) is 11.0 Å². The Morgan fingerprint density at radius 1 is 1.12 bits per heavy atom. The summed E-state index contributed by atoms with van der Waals surface area (Å²) in [4.78, 5) is 0.198. The summed E-state index contributed by atoms with van der Waals surface area (Å²) in [5.74, 6) is 0.414. The minimum atomic E-state index is -3.73. The van der Waals surface area contributed by atoms with Crippen LogP contribution >= 0.6 is 0 Å². The maximum Gasteiger partial charge on any atom is 0.237 e. The van der Waals surface area contributed by atoms with E-state index in [1.54, 1.807) is 6.08 Å². The molecule has 2 unspecified atom stereocenters. The maximum absolute atomic E-state index is 11.9. The summed E-state index contributed by atoms with van der Waals surface area (Å²) in [5, 5.41) is 15.2. The summed E-state index contributed by atoms with van der Waals surface area (Å²) < 4.78 is 23.7. The molecule has 1 aromatic carbocycles. The molecule has 5 heteroatoms. The molecule has 0 heterocycles. The standard InChI is InChI=1S/C19H25NO3S/c1-19(15-7-9-16(21)10-8-15)13-17(24(20,22)23)11-12-18(19)14-5-3-2-4-6-14/h2-6,11-13,15-16,18,21H,7-10H2,1H3,(H2,20,22,23). The maximum atomic E-state index is 11.9. The van der Waals surface area contributed by atoms with E-state index in [1.807, 2.05) is 30.4 Å². The van der Waals surface area contributed by atoms with Crippen molar-refractivity contribution in [1.29, 1.82) is 0 Å². The molecule has 24 heavy (non-hydrogen) atoms. The summed E-state index contributed by atoms with van der Waals surface area (Å²) in [6.45, 7) is 2.13. The molecule has 2 aliphatic rings. The molecule has 1 aromatic rings. The third-order valence-corrected chi connectivity index (χ3v) is 6.55. The monoisotopic (exact) mass is 347 g/mol. The van der Waals surface area contributed by atoms with Crippen LogP contribution in [0.25, 0.3) is 0 Å². The van der Waals surface area contributed by atoms with Gasteiger partial charge in [0.25, 0.3) is 0 Å². The second-order valence-corrected chi connectivity index (χ2v) is 8.77. The predicted octanol–water partition coefficient (Wildman–Crippen LogP) is 3.07. The van der Waals surface area contributed by atoms with E-state index in [0.29, 0.717) is 5.92 Å². The van der Waals surface area contributed by atoms with Gasteiger partial charge in [0.15, 0.2) is 0 Å². The van der Waals surface area contributed by atoms with Gasteiger partial charge in [0, 0.05) is 11.3 Å². The Morgan fingerprint density at radius 3 is 2.33 bits per heavy atom. The van der Waals surface area contributed by atoms with E-state index >= 15 is 0 Å². The molecule has 4 nitrogen and oxygen atoms in total. The van der Waals surface area contributed by atoms with E-state index in [0.717, 1.165) is 25.7 Å². The number of aliphatic hydroxyl groups excluding tert-OH is 1. The van der Waals surface area contributed by atoms with Crippen LogP contribution in [0.2, 0.25) is 0 Å². The van der Waals surface area contributed by atoms with Crippen molar-refractivity contribution >= 4 is 10.0 Å². The van der Waals surface area contributed by atoms with Gasteiger partial charge in [-0.25, -0.2) is 13.6 Å². The lowest BCUT2D eigenvalue weighted by molar-refractivity contribution is 0.0704. The third kappa shape index (κ3) is 3.34. The minimum Gasteiger partial charge on any atom is -0.393 e. The Balaban J connectivity index is 2.03. The Hall–Kier alpha value is -1.43. The van der Waals surface area contributed by atoms with E-state index in [4.69, 9.17) is 5.14 Å². The Labute approximate surface area is 144 Å². The third-order valence-electron chi connectivity index (χ3n) is 5.64. The van der Waals surface area contributed by atoms with Crippen molar-refractivity contribution < 1.29 is 13.5 Å². The molecule has 1 saturated carbocycles. The van der Waals surface area contributed by atoms with Crippen LogP contribution in [0.15, 0.2) is 53.5 Å². The molecule has 0 bridgehead atoms. The largest absolute Gasteiger partial charge is 0.393 e. The zero-order valence-corrected chi connectivity index (χ0v) is 14.7. The van der Waals surface area contributed by atoms with Crippen LogP contribution < -0.4 is 5.14 Å². The summed E-state index contributed by atoms with van der Waals surface area (Å²) in [7, 11) is -3.73. The van der Waals surface area contributed by atoms with Crippen molar-refractivity contribution in [2.45, 2.75) is 44.6 Å². The number of aliphatic hydroxyl groups is 1. The number of rotatable bonds is 3. The van der Waals surface area contributed by atoms with Gasteiger partial charge in [0.1, 0.15) is 0 Å². The summed E-state index contributed by atoms with van der Waals surface area (Å²) in [5.41, 5.74) is 0.838. The Bertz CT molecular complexity index is 746. The molecule has 3 N–H and O–H groups in total. The highest BCUT2D eigenvalue weighted by Crippen LogP contribution is 2.52. The number of allylic oxidation sites excluding steroid dienone is 3. The van der Waals surface area contributed by atoms with Gasteiger partial charge in [-0.05, 0) is 43.2 Å². The molecule has 0 aromatic heterocycles. The van der Waals surface area contributed by atoms with Crippen molar-refractivity contribution in [3.05, 3.63) is 59.0 Å². The van der Waals surface area contributed by atoms with E-state index in [9.17, 15) is 13.5 Å². The molecule has 0 amide bonds. The predicted molar refractivity (Wildman–Crippen MR) is 95.6 cm³/mol. The van der Waals surface area contributed by atoms with Crippen LogP contribution in [-0.2, 0) is 10.0 Å². The zero-order valence-electron chi connectivity index (χ0n) is 13.9. The summed E-state index contributed by atoms with van der Waals surface area (Å²) in [6, 6.07) is 10.2. The van der Waals surface area contributed by atoms with Gasteiger partial charge in [-0.3, -0.25) is 0 Å². The molecule has 2 atom stereocenters. The molecule has 0 saturated heterocycles. The molecule has 3 rings (SSSR count). The number of hydrogen-bond donors (Lipinski definition) is 2. The van der Waals surface area contributed by atoms with Gasteiger partial charge in [-0.2, -0.15) is 0 Å². The van der Waals surface area contributed by atoms with Crippen molar-refractivity contribution in [3.63, 3.8) is 0 Å². The normalized spacial score (nSPS) is 34.0. The summed E-state index contributed by atoms with van der Waals surface area (Å²) in [6.07, 6.45) is 8.54. The van der Waals surface area contributed by atoms with Gasteiger partial charge >= 0.3 is 0 Å². The highest BCUT2D eigenvalue weighted by molar-refractivity contribution is 7.93. The number of sulfonamides is 1. The number of hydrogen-bond acceptors (Lipinski definition) is 3. The van der Waals surface area contributed by atoms with E-state index in [1.165, 1.54) is 5.56 Å². The van der Waals surface area contributed by atoms with E-state index in [-0.39, 0.29) is 22.3 Å². The Kier molecular flexibility index (Phi) is 4.69. The van der Waals surface area contributed by atoms with E-state index in [2.05, 4.69) is 19.1 Å². The first-order valence-electron chi connectivity index (χ1n) is 8.47. The smallest absolute Gasteiger partial charge is 0.237 e. The van der Waals surface area contributed by atoms with Crippen LogP contribution in [0.4, 0.5) is 0 Å². The Morgan fingerprint density at radius 2 is 1.75 bits per heavy atom. The van der Waals surface area contributed by atoms with Crippen LogP contribution in [0.3, 0.4) is 0 Å². The fourth-order valence-electron chi connectivity index (χ4n) is 4.22. The molecule has 0 radical (unpaired) electrons. The quantitative estimate of drug-likeness (QED) is 0.882. The molecular weight excluding hydrogens is 322 g/mol. The first kappa shape index (κ1) is 17.4. The topological polar surface area (TPSA) is 80.4 Å². The lowest BCUT2D eigenvalue weighted by atomic mass is 9.60. The minimum absolute atomic E-state index is 0.101. The van der Waals surface area contributed by atoms with Crippen molar-refractivity contribution in [2.75, 3.05) is 0 Å². The fraction of sp³-hybridized carbons (Fsp3) is 0.474.